The van der Waals surface area contributed by atoms with E-state index in [0.29, 0.717) is 29.6 Å². The van der Waals surface area contributed by atoms with Gasteiger partial charge in [-0.05, 0) is 42.3 Å². The zero-order valence-corrected chi connectivity index (χ0v) is 21.1. The molecule has 2 aromatic carbocycles. The molecule has 6 N–H and O–H groups in total. The summed E-state index contributed by atoms with van der Waals surface area (Å²) in [6.07, 6.45) is 3.66. The molecule has 0 saturated carbocycles. The molecule has 194 valence electrons. The standard InChI is InChI=1S/C25H28N5O6P/c1-3-5-6-21-29-23-24(30(21)14-16-12-17(8-10-20(16)31)36-37(33,34)35)18-9-7-15(13-27-22(32)4-2)11-19(18)28-25(23)26/h4,7-12,31H,2-3,5-6,13-14H2,1H3,(H2,26,28)(H,27,32)(H2,33,34,35). The van der Waals surface area contributed by atoms with Crippen molar-refractivity contribution in [1.29, 1.82) is 0 Å². The zero-order valence-electron chi connectivity index (χ0n) is 20.2. The van der Waals surface area contributed by atoms with Crippen LogP contribution in [0.4, 0.5) is 5.82 Å². The number of anilines is 1. The van der Waals surface area contributed by atoms with E-state index in [1.807, 2.05) is 22.8 Å². The molecule has 0 aliphatic carbocycles. The molecular formula is C25H28N5O6P. The summed E-state index contributed by atoms with van der Waals surface area (Å²) >= 11 is 0. The minimum atomic E-state index is -4.77. The molecule has 0 aliphatic heterocycles. The number of nitrogens with one attached hydrogen (secondary N) is 1. The minimum absolute atomic E-state index is 0.0621. The highest BCUT2D eigenvalue weighted by Crippen LogP contribution is 2.39. The number of phenols is 1. The highest BCUT2D eigenvalue weighted by Gasteiger charge is 2.20. The van der Waals surface area contributed by atoms with Gasteiger partial charge >= 0.3 is 7.82 Å². The largest absolute Gasteiger partial charge is 0.524 e. The Morgan fingerprint density at radius 2 is 2.03 bits per heavy atom. The second-order valence-corrected chi connectivity index (χ2v) is 9.72. The topological polar surface area (TPSA) is 173 Å². The number of hydrogen-bond acceptors (Lipinski definition) is 7. The fraction of sp³-hybridized carbons (Fsp3) is 0.240. The lowest BCUT2D eigenvalue weighted by atomic mass is 10.1. The molecule has 0 unspecified atom stereocenters. The van der Waals surface area contributed by atoms with Crippen molar-refractivity contribution < 1.29 is 28.8 Å². The maximum absolute atomic E-state index is 11.6. The smallest absolute Gasteiger partial charge is 0.508 e. The molecule has 0 fully saturated rings. The summed E-state index contributed by atoms with van der Waals surface area (Å²) in [6, 6.07) is 9.59. The molecule has 2 aromatic heterocycles. The second-order valence-electron chi connectivity index (χ2n) is 8.56. The summed E-state index contributed by atoms with van der Waals surface area (Å²) in [7, 11) is -4.77. The quantitative estimate of drug-likeness (QED) is 0.153. The number of nitrogens with zero attached hydrogens (tertiary/aromatic N) is 3. The van der Waals surface area contributed by atoms with Gasteiger partial charge in [-0.2, -0.15) is 0 Å². The number of aromatic nitrogens is 3. The van der Waals surface area contributed by atoms with E-state index in [0.717, 1.165) is 35.1 Å². The van der Waals surface area contributed by atoms with E-state index in [9.17, 15) is 24.3 Å². The average Bonchev–Trinajstić information content (AvgIpc) is 3.21. The van der Waals surface area contributed by atoms with Crippen molar-refractivity contribution >= 4 is 41.5 Å². The summed E-state index contributed by atoms with van der Waals surface area (Å²) in [5.41, 5.74) is 9.38. The van der Waals surface area contributed by atoms with Gasteiger partial charge in [-0.25, -0.2) is 14.5 Å². The maximum atomic E-state index is 11.6. The minimum Gasteiger partial charge on any atom is -0.508 e. The van der Waals surface area contributed by atoms with Crippen molar-refractivity contribution in [3.8, 4) is 11.5 Å². The lowest BCUT2D eigenvalue weighted by Crippen LogP contribution is -2.19. The maximum Gasteiger partial charge on any atom is 0.524 e. The van der Waals surface area contributed by atoms with Crippen LogP contribution in [0.25, 0.3) is 21.9 Å². The number of pyridine rings is 1. The van der Waals surface area contributed by atoms with Crippen molar-refractivity contribution in [2.45, 2.75) is 39.3 Å². The van der Waals surface area contributed by atoms with E-state index in [2.05, 4.69) is 23.8 Å². The highest BCUT2D eigenvalue weighted by atomic mass is 31.2. The predicted molar refractivity (Wildman–Crippen MR) is 140 cm³/mol. The first-order valence-corrected chi connectivity index (χ1v) is 13.2. The lowest BCUT2D eigenvalue weighted by Gasteiger charge is -2.14. The van der Waals surface area contributed by atoms with Crippen molar-refractivity contribution in [1.82, 2.24) is 19.9 Å². The van der Waals surface area contributed by atoms with Crippen LogP contribution in [0.1, 0.15) is 36.7 Å². The molecule has 0 radical (unpaired) electrons. The molecule has 0 atom stereocenters. The summed E-state index contributed by atoms with van der Waals surface area (Å²) in [4.78, 5) is 39.2. The van der Waals surface area contributed by atoms with Crippen molar-refractivity contribution in [2.75, 3.05) is 5.73 Å². The van der Waals surface area contributed by atoms with Crippen LogP contribution in [0.2, 0.25) is 0 Å². The number of phosphoric acid groups is 1. The zero-order chi connectivity index (χ0) is 26.7. The number of nitrogens with two attached hydrogens (primary N) is 1. The van der Waals surface area contributed by atoms with Crippen molar-refractivity contribution in [3.05, 3.63) is 66.0 Å². The Morgan fingerprint density at radius 3 is 2.73 bits per heavy atom. The van der Waals surface area contributed by atoms with Crippen LogP contribution in [0.5, 0.6) is 11.5 Å². The van der Waals surface area contributed by atoms with Crippen molar-refractivity contribution in [3.63, 3.8) is 0 Å². The first-order chi connectivity index (χ1) is 17.6. The highest BCUT2D eigenvalue weighted by molar-refractivity contribution is 7.46. The molecule has 11 nitrogen and oxygen atoms in total. The fourth-order valence-electron chi connectivity index (χ4n) is 4.12. The summed E-state index contributed by atoms with van der Waals surface area (Å²) in [5.74, 6) is 0.562. The van der Waals surface area contributed by atoms with Gasteiger partial charge in [-0.15, -0.1) is 0 Å². The van der Waals surface area contributed by atoms with Gasteiger partial charge < -0.3 is 25.2 Å². The number of carbonyl (C=O) groups excluding carboxylic acids is 1. The van der Waals surface area contributed by atoms with Crippen LogP contribution in [0, 0.1) is 0 Å². The number of aryl methyl sites for hydroxylation is 1. The van der Waals surface area contributed by atoms with Crippen LogP contribution in [-0.4, -0.2) is 35.3 Å². The molecule has 37 heavy (non-hydrogen) atoms. The van der Waals surface area contributed by atoms with Crippen LogP contribution >= 0.6 is 7.82 Å². The number of phenolic OH excluding ortho intramolecular Hbond substituents is 1. The van der Waals surface area contributed by atoms with E-state index >= 15 is 0 Å². The molecule has 4 aromatic rings. The van der Waals surface area contributed by atoms with Crippen molar-refractivity contribution in [2.24, 2.45) is 0 Å². The molecule has 2 heterocycles. The number of fused-ring (bicyclic) bond motifs is 3. The van der Waals surface area contributed by atoms with Gasteiger partial charge in [0.15, 0.2) is 5.82 Å². The molecule has 0 spiro atoms. The van der Waals surface area contributed by atoms with E-state index in [-0.39, 0.29) is 29.8 Å². The van der Waals surface area contributed by atoms with E-state index in [4.69, 9.17) is 15.2 Å². The number of phosphoric ester groups is 1. The monoisotopic (exact) mass is 525 g/mol. The molecule has 4 rings (SSSR count). The SMILES string of the molecule is C=CC(=O)NCc1ccc2c(c1)nc(N)c1nc(CCCC)n(Cc3cc(OP(=O)(O)O)ccc3O)c12. The van der Waals surface area contributed by atoms with Gasteiger partial charge in [0, 0.05) is 23.9 Å². The number of amides is 1. The normalized spacial score (nSPS) is 11.6. The summed E-state index contributed by atoms with van der Waals surface area (Å²) in [6.45, 7) is 5.96. The number of rotatable bonds is 10. The Hall–Kier alpha value is -3.92. The molecule has 0 bridgehead atoms. The van der Waals surface area contributed by atoms with Crippen LogP contribution < -0.4 is 15.6 Å². The Morgan fingerprint density at radius 1 is 1.24 bits per heavy atom. The Balaban J connectivity index is 1.85. The summed E-state index contributed by atoms with van der Waals surface area (Å²) < 4.78 is 18.0. The lowest BCUT2D eigenvalue weighted by molar-refractivity contribution is -0.116. The summed E-state index contributed by atoms with van der Waals surface area (Å²) in [5, 5.41) is 14.1. The van der Waals surface area contributed by atoms with E-state index in [1.54, 1.807) is 0 Å². The molecule has 0 saturated heterocycles. The number of nitrogen functional groups attached to an aromatic ring is 1. The van der Waals surface area contributed by atoms with Gasteiger partial charge in [0.1, 0.15) is 22.8 Å². The molecule has 12 heteroatoms. The first kappa shape index (κ1) is 26.2. The predicted octanol–water partition coefficient (Wildman–Crippen LogP) is 3.54. The van der Waals surface area contributed by atoms with E-state index in [1.165, 1.54) is 24.3 Å². The van der Waals surface area contributed by atoms with Crippen LogP contribution in [0.3, 0.4) is 0 Å². The Kier molecular flexibility index (Phi) is 7.49. The van der Waals surface area contributed by atoms with Gasteiger partial charge in [-0.3, -0.25) is 14.6 Å². The van der Waals surface area contributed by atoms with Crippen LogP contribution in [0.15, 0.2) is 49.1 Å². The Bertz CT molecular complexity index is 1540. The van der Waals surface area contributed by atoms with Gasteiger partial charge in [0.05, 0.1) is 17.6 Å². The number of aromatic hydroxyl groups is 1. The van der Waals surface area contributed by atoms with Gasteiger partial charge in [0.2, 0.25) is 5.91 Å². The molecule has 1 amide bonds. The average molecular weight is 526 g/mol. The number of carbonyl (C=O) groups is 1. The first-order valence-electron chi connectivity index (χ1n) is 11.6. The fourth-order valence-corrected chi connectivity index (χ4v) is 4.51. The molecular weight excluding hydrogens is 497 g/mol. The number of benzene rings is 2. The van der Waals surface area contributed by atoms with Gasteiger partial charge in [0.25, 0.3) is 0 Å². The Labute approximate surface area is 212 Å². The third kappa shape index (κ3) is 5.91. The number of unbranched alkanes of at least 4 members (excludes halogenated alkanes) is 1. The number of hydrogen-bond donors (Lipinski definition) is 5. The second kappa shape index (κ2) is 10.6. The van der Waals surface area contributed by atoms with Gasteiger partial charge in [-0.1, -0.05) is 32.1 Å². The van der Waals surface area contributed by atoms with E-state index < -0.39 is 7.82 Å². The molecule has 0 aliphatic rings. The third-order valence-corrected chi connectivity index (χ3v) is 6.31. The third-order valence-electron chi connectivity index (χ3n) is 5.86. The van der Waals surface area contributed by atoms with Crippen LogP contribution in [-0.2, 0) is 28.9 Å². The number of imidazole rings is 1.